The predicted octanol–water partition coefficient (Wildman–Crippen LogP) is 5.34. The summed E-state index contributed by atoms with van der Waals surface area (Å²) in [6.45, 7) is 7.40. The lowest BCUT2D eigenvalue weighted by Crippen LogP contribution is -2.36. The van der Waals surface area contributed by atoms with Gasteiger partial charge in [-0.3, -0.25) is 4.98 Å². The lowest BCUT2D eigenvalue weighted by atomic mass is 10.1. The van der Waals surface area contributed by atoms with Crippen molar-refractivity contribution in [3.05, 3.63) is 59.9 Å². The summed E-state index contributed by atoms with van der Waals surface area (Å²) in [7, 11) is 0. The van der Waals surface area contributed by atoms with Crippen LogP contribution in [0.1, 0.15) is 26.3 Å². The first-order valence-electron chi connectivity index (χ1n) is 10.1. The van der Waals surface area contributed by atoms with Gasteiger partial charge in [0.2, 0.25) is 0 Å². The first kappa shape index (κ1) is 21.2. The zero-order valence-electron chi connectivity index (χ0n) is 17.6. The van der Waals surface area contributed by atoms with Crippen molar-refractivity contribution in [2.24, 2.45) is 5.92 Å². The maximum absolute atomic E-state index is 13.0. The van der Waals surface area contributed by atoms with Crippen LogP contribution in [0.5, 0.6) is 0 Å². The molecule has 0 N–H and O–H groups in total. The van der Waals surface area contributed by atoms with E-state index in [1.54, 1.807) is 23.2 Å². The third-order valence-electron chi connectivity index (χ3n) is 5.29. The van der Waals surface area contributed by atoms with Crippen LogP contribution in [0.15, 0.2) is 54.4 Å². The number of benzene rings is 1. The molecule has 1 amide bonds. The number of likely N-dealkylation sites (tertiary alicyclic amines) is 1. The molecule has 2 aliphatic heterocycles. The predicted molar refractivity (Wildman–Crippen MR) is 111 cm³/mol. The molecule has 5 nitrogen and oxygen atoms in total. The summed E-state index contributed by atoms with van der Waals surface area (Å²) >= 11 is 0. The van der Waals surface area contributed by atoms with Gasteiger partial charge in [-0.25, -0.2) is 4.79 Å². The lowest BCUT2D eigenvalue weighted by Gasteiger charge is -2.25. The summed E-state index contributed by atoms with van der Waals surface area (Å²) in [6, 6.07) is 8.74. The van der Waals surface area contributed by atoms with Crippen molar-refractivity contribution < 1.29 is 22.7 Å². The van der Waals surface area contributed by atoms with E-state index < -0.39 is 17.3 Å². The molecule has 4 rings (SSSR count). The van der Waals surface area contributed by atoms with E-state index in [0.29, 0.717) is 24.3 Å². The van der Waals surface area contributed by atoms with Crippen LogP contribution in [0, 0.1) is 5.92 Å². The summed E-state index contributed by atoms with van der Waals surface area (Å²) in [5, 5.41) is 0. The molecular formula is C23H24F3N3O2. The second kappa shape index (κ2) is 7.59. The zero-order chi connectivity index (χ0) is 22.4. The van der Waals surface area contributed by atoms with Gasteiger partial charge in [-0.1, -0.05) is 12.1 Å². The van der Waals surface area contributed by atoms with Gasteiger partial charge in [0.15, 0.2) is 0 Å². The van der Waals surface area contributed by atoms with Crippen LogP contribution in [-0.2, 0) is 10.9 Å². The number of anilines is 1. The Hall–Kier alpha value is -3.03. The summed E-state index contributed by atoms with van der Waals surface area (Å²) in [4.78, 5) is 20.4. The first-order chi connectivity index (χ1) is 14.5. The molecule has 1 unspecified atom stereocenters. The Balaban J connectivity index is 1.44. The maximum atomic E-state index is 13.0. The minimum atomic E-state index is -4.39. The second-order valence-electron chi connectivity index (χ2n) is 8.89. The molecule has 1 saturated heterocycles. The number of hydrogen-bond acceptors (Lipinski definition) is 4. The molecule has 0 bridgehead atoms. The van der Waals surface area contributed by atoms with E-state index in [-0.39, 0.29) is 12.0 Å². The summed E-state index contributed by atoms with van der Waals surface area (Å²) < 4.78 is 44.3. The highest BCUT2D eigenvalue weighted by molar-refractivity contribution is 5.70. The molecule has 2 aromatic rings. The molecular weight excluding hydrogens is 407 g/mol. The van der Waals surface area contributed by atoms with Crippen molar-refractivity contribution in [3.63, 3.8) is 0 Å². The third kappa shape index (κ3) is 4.68. The number of aromatic nitrogens is 1. The van der Waals surface area contributed by atoms with Crippen LogP contribution in [0.25, 0.3) is 11.3 Å². The lowest BCUT2D eigenvalue weighted by molar-refractivity contribution is -0.137. The maximum Gasteiger partial charge on any atom is 0.416 e. The number of halogens is 3. The molecule has 1 fully saturated rings. The normalized spacial score (nSPS) is 18.8. The number of nitrogens with zero attached hydrogens (tertiary/aromatic N) is 3. The van der Waals surface area contributed by atoms with Crippen molar-refractivity contribution in [1.82, 2.24) is 9.88 Å². The Labute approximate surface area is 179 Å². The molecule has 0 aliphatic carbocycles. The van der Waals surface area contributed by atoms with Crippen molar-refractivity contribution in [1.29, 1.82) is 0 Å². The summed E-state index contributed by atoms with van der Waals surface area (Å²) in [5.41, 5.74) is 1.71. The number of hydrogen-bond donors (Lipinski definition) is 0. The van der Waals surface area contributed by atoms with Crippen LogP contribution in [0.4, 0.5) is 23.7 Å². The van der Waals surface area contributed by atoms with E-state index in [4.69, 9.17) is 4.74 Å². The highest BCUT2D eigenvalue weighted by atomic mass is 19.4. The highest BCUT2D eigenvalue weighted by Gasteiger charge is 2.37. The Morgan fingerprint density at radius 3 is 2.52 bits per heavy atom. The summed E-state index contributed by atoms with van der Waals surface area (Å²) in [5.74, 6) is 0.232. The van der Waals surface area contributed by atoms with Gasteiger partial charge in [-0.15, -0.1) is 0 Å². The first-order valence-corrected chi connectivity index (χ1v) is 10.1. The number of carbonyl (C=O) groups is 1. The number of rotatable bonds is 2. The molecule has 0 radical (unpaired) electrons. The fourth-order valence-electron chi connectivity index (χ4n) is 3.84. The average Bonchev–Trinajstić information content (AvgIpc) is 3.26. The third-order valence-corrected chi connectivity index (χ3v) is 5.29. The molecule has 0 saturated carbocycles. The minimum Gasteiger partial charge on any atom is -0.444 e. The zero-order valence-corrected chi connectivity index (χ0v) is 17.6. The van der Waals surface area contributed by atoms with Gasteiger partial charge < -0.3 is 14.5 Å². The monoisotopic (exact) mass is 431 g/mol. The summed E-state index contributed by atoms with van der Waals surface area (Å²) in [6.07, 6.45) is -1.00. The number of carbonyl (C=O) groups excluding carboxylic acids is 1. The quantitative estimate of drug-likeness (QED) is 0.644. The number of ether oxygens (including phenoxy) is 1. The molecule has 2 aliphatic rings. The number of alkyl halides is 3. The Bertz CT molecular complexity index is 1010. The van der Waals surface area contributed by atoms with Crippen molar-refractivity contribution in [2.45, 2.75) is 32.5 Å². The van der Waals surface area contributed by atoms with Crippen LogP contribution >= 0.6 is 0 Å². The largest absolute Gasteiger partial charge is 0.444 e. The van der Waals surface area contributed by atoms with E-state index in [0.717, 1.165) is 29.9 Å². The second-order valence-corrected chi connectivity index (χ2v) is 8.89. The van der Waals surface area contributed by atoms with E-state index in [1.807, 2.05) is 33.0 Å². The van der Waals surface area contributed by atoms with Gasteiger partial charge >= 0.3 is 12.3 Å². The van der Waals surface area contributed by atoms with Crippen molar-refractivity contribution in [2.75, 3.05) is 24.5 Å². The van der Waals surface area contributed by atoms with E-state index in [9.17, 15) is 18.0 Å². The van der Waals surface area contributed by atoms with E-state index in [2.05, 4.69) is 9.88 Å². The fourth-order valence-corrected chi connectivity index (χ4v) is 3.84. The molecule has 0 spiro atoms. The molecule has 3 heterocycles. The Morgan fingerprint density at radius 2 is 1.90 bits per heavy atom. The Morgan fingerprint density at radius 1 is 1.13 bits per heavy atom. The van der Waals surface area contributed by atoms with Gasteiger partial charge in [0.25, 0.3) is 0 Å². The van der Waals surface area contributed by atoms with Crippen LogP contribution in [0.3, 0.4) is 0 Å². The Kier molecular flexibility index (Phi) is 5.19. The number of amides is 1. The minimum absolute atomic E-state index is 0.232. The molecule has 164 valence electrons. The molecule has 8 heteroatoms. The molecule has 1 aromatic heterocycles. The molecule has 1 aromatic carbocycles. The molecule has 31 heavy (non-hydrogen) atoms. The average molecular weight is 431 g/mol. The van der Waals surface area contributed by atoms with E-state index >= 15 is 0 Å². The smallest absolute Gasteiger partial charge is 0.416 e. The molecule has 1 atom stereocenters. The standard InChI is InChI=1S/C23H24F3N3O2/c1-22(2,3)31-21(30)29-13-16-11-28(12-17(16)14-29)19-7-8-20(27-10-19)15-5-4-6-18(9-15)23(24,25)26/h4-11,17H,12-14H2,1-3H3. The van der Waals surface area contributed by atoms with Gasteiger partial charge in [-0.05, 0) is 50.6 Å². The topological polar surface area (TPSA) is 45.7 Å². The van der Waals surface area contributed by atoms with Crippen molar-refractivity contribution >= 4 is 11.8 Å². The van der Waals surface area contributed by atoms with Gasteiger partial charge in [0, 0.05) is 37.3 Å². The SMILES string of the molecule is CC(C)(C)OC(=O)N1CC2=CN(c3ccc(-c4cccc(C(F)(F)F)c4)nc3)CC2C1. The van der Waals surface area contributed by atoms with Crippen LogP contribution in [-0.4, -0.2) is 41.2 Å². The van der Waals surface area contributed by atoms with Gasteiger partial charge in [0.05, 0.1) is 23.1 Å². The van der Waals surface area contributed by atoms with Crippen LogP contribution < -0.4 is 4.90 Å². The van der Waals surface area contributed by atoms with Gasteiger partial charge in [0.1, 0.15) is 5.60 Å². The van der Waals surface area contributed by atoms with Gasteiger partial charge in [-0.2, -0.15) is 13.2 Å². The van der Waals surface area contributed by atoms with E-state index in [1.165, 1.54) is 6.07 Å². The highest BCUT2D eigenvalue weighted by Crippen LogP contribution is 2.35. The van der Waals surface area contributed by atoms with Crippen LogP contribution in [0.2, 0.25) is 0 Å². The number of pyridine rings is 1. The fraction of sp³-hybridized carbons (Fsp3) is 0.391. The number of fused-ring (bicyclic) bond motifs is 1. The van der Waals surface area contributed by atoms with Crippen molar-refractivity contribution in [3.8, 4) is 11.3 Å².